The van der Waals surface area contributed by atoms with E-state index in [9.17, 15) is 9.59 Å². The normalized spacial score (nSPS) is 9.78. The Bertz CT molecular complexity index is 630. The average Bonchev–Trinajstić information content (AvgIpc) is 2.98. The molecule has 7 nitrogen and oxygen atoms in total. The monoisotopic (exact) mass is 337 g/mol. The highest BCUT2D eigenvalue weighted by Crippen LogP contribution is 2.08. The molecule has 23 heavy (non-hydrogen) atoms. The van der Waals surface area contributed by atoms with Crippen LogP contribution in [0, 0.1) is 0 Å². The first-order valence-electron chi connectivity index (χ1n) is 7.01. The number of hydrogen-bond donors (Lipinski definition) is 3. The summed E-state index contributed by atoms with van der Waals surface area (Å²) in [7, 11) is 0. The van der Waals surface area contributed by atoms with Gasteiger partial charge < -0.3 is 16.4 Å². The van der Waals surface area contributed by atoms with E-state index in [-0.39, 0.29) is 37.3 Å². The Balaban J connectivity index is 0.00000264. The van der Waals surface area contributed by atoms with Gasteiger partial charge in [0.2, 0.25) is 11.8 Å². The fourth-order valence-electron chi connectivity index (χ4n) is 1.93. The van der Waals surface area contributed by atoms with Crippen molar-refractivity contribution in [2.24, 2.45) is 5.73 Å². The molecule has 2 rings (SSSR count). The van der Waals surface area contributed by atoms with Crippen LogP contribution in [0.5, 0.6) is 0 Å². The molecular formula is C15H20ClN5O2. The average molecular weight is 338 g/mol. The molecule has 1 heterocycles. The van der Waals surface area contributed by atoms with E-state index in [0.29, 0.717) is 12.4 Å². The second-order valence-electron chi connectivity index (χ2n) is 4.70. The highest BCUT2D eigenvalue weighted by Gasteiger charge is 2.08. The fraction of sp³-hybridized carbons (Fsp3) is 0.267. The second kappa shape index (κ2) is 9.60. The molecule has 2 aromatic rings. The van der Waals surface area contributed by atoms with Crippen LogP contribution in [0.4, 0.5) is 5.82 Å². The van der Waals surface area contributed by atoms with Crippen LogP contribution >= 0.6 is 12.4 Å². The molecular weight excluding hydrogens is 318 g/mol. The van der Waals surface area contributed by atoms with Crippen LogP contribution < -0.4 is 16.4 Å². The third-order valence-electron chi connectivity index (χ3n) is 3.07. The number of rotatable bonds is 7. The summed E-state index contributed by atoms with van der Waals surface area (Å²) in [6, 6.07) is 11.8. The van der Waals surface area contributed by atoms with E-state index in [4.69, 9.17) is 5.73 Å². The first-order chi connectivity index (χ1) is 10.7. The van der Waals surface area contributed by atoms with Gasteiger partial charge in [0.15, 0.2) is 0 Å². The SMILES string of the molecule is Cl.NCC(=O)NCC(=O)Nc1ccnn1CCc1ccccc1. The number of anilines is 1. The first-order valence-corrected chi connectivity index (χ1v) is 7.01. The summed E-state index contributed by atoms with van der Waals surface area (Å²) in [6.45, 7) is 0.407. The number of nitrogens with zero attached hydrogens (tertiary/aromatic N) is 2. The number of aromatic nitrogens is 2. The lowest BCUT2D eigenvalue weighted by Crippen LogP contribution is -2.36. The van der Waals surface area contributed by atoms with Gasteiger partial charge in [0.25, 0.3) is 0 Å². The van der Waals surface area contributed by atoms with Crippen LogP contribution in [0.3, 0.4) is 0 Å². The lowest BCUT2D eigenvalue weighted by Gasteiger charge is -2.09. The van der Waals surface area contributed by atoms with Gasteiger partial charge in [0.1, 0.15) is 5.82 Å². The Labute approximate surface area is 140 Å². The number of nitrogens with two attached hydrogens (primary N) is 1. The molecule has 0 radical (unpaired) electrons. The number of carbonyl (C=O) groups excluding carboxylic acids is 2. The van der Waals surface area contributed by atoms with Crippen molar-refractivity contribution in [3.63, 3.8) is 0 Å². The molecule has 2 amide bonds. The topological polar surface area (TPSA) is 102 Å². The number of carbonyl (C=O) groups is 2. The van der Waals surface area contributed by atoms with E-state index in [1.54, 1.807) is 16.9 Å². The third kappa shape index (κ3) is 6.09. The zero-order chi connectivity index (χ0) is 15.8. The lowest BCUT2D eigenvalue weighted by molar-refractivity contribution is -0.123. The van der Waals surface area contributed by atoms with E-state index < -0.39 is 0 Å². The molecule has 0 aliphatic carbocycles. The van der Waals surface area contributed by atoms with Crippen molar-refractivity contribution in [1.29, 1.82) is 0 Å². The first kappa shape index (κ1) is 18.7. The van der Waals surface area contributed by atoms with Crippen molar-refractivity contribution in [3.8, 4) is 0 Å². The summed E-state index contributed by atoms with van der Waals surface area (Å²) >= 11 is 0. The standard InChI is InChI=1S/C15H19N5O2.ClH/c16-10-14(21)17-11-15(22)19-13-6-8-18-20(13)9-7-12-4-2-1-3-5-12;/h1-6,8H,7,9-11,16H2,(H,17,21)(H,19,22);1H. The molecule has 0 unspecified atom stereocenters. The minimum Gasteiger partial charge on any atom is -0.346 e. The van der Waals surface area contributed by atoms with E-state index >= 15 is 0 Å². The molecule has 0 saturated heterocycles. The van der Waals surface area contributed by atoms with Gasteiger partial charge in [-0.1, -0.05) is 30.3 Å². The highest BCUT2D eigenvalue weighted by molar-refractivity contribution is 5.94. The van der Waals surface area contributed by atoms with Crippen LogP contribution in [-0.2, 0) is 22.6 Å². The summed E-state index contributed by atoms with van der Waals surface area (Å²) < 4.78 is 1.72. The highest BCUT2D eigenvalue weighted by atomic mass is 35.5. The smallest absolute Gasteiger partial charge is 0.244 e. The maximum atomic E-state index is 11.7. The van der Waals surface area contributed by atoms with Crippen LogP contribution in [0.2, 0.25) is 0 Å². The van der Waals surface area contributed by atoms with E-state index in [1.165, 1.54) is 5.56 Å². The van der Waals surface area contributed by atoms with Gasteiger partial charge in [-0.25, -0.2) is 4.68 Å². The molecule has 1 aromatic heterocycles. The Morgan fingerprint density at radius 1 is 1.13 bits per heavy atom. The largest absolute Gasteiger partial charge is 0.346 e. The van der Waals surface area contributed by atoms with Crippen molar-refractivity contribution in [2.45, 2.75) is 13.0 Å². The quantitative estimate of drug-likeness (QED) is 0.687. The summed E-state index contributed by atoms with van der Waals surface area (Å²) in [4.78, 5) is 22.8. The molecule has 0 bridgehead atoms. The summed E-state index contributed by atoms with van der Waals surface area (Å²) in [6.07, 6.45) is 2.44. The maximum Gasteiger partial charge on any atom is 0.244 e. The second-order valence-corrected chi connectivity index (χ2v) is 4.70. The lowest BCUT2D eigenvalue weighted by atomic mass is 10.1. The maximum absolute atomic E-state index is 11.7. The van der Waals surface area contributed by atoms with Crippen molar-refractivity contribution < 1.29 is 9.59 Å². The van der Waals surface area contributed by atoms with Crippen molar-refractivity contribution in [3.05, 3.63) is 48.2 Å². The van der Waals surface area contributed by atoms with Crippen molar-refractivity contribution in [2.75, 3.05) is 18.4 Å². The molecule has 0 fully saturated rings. The molecule has 1 aromatic carbocycles. The van der Waals surface area contributed by atoms with Crippen molar-refractivity contribution >= 4 is 30.0 Å². The van der Waals surface area contributed by atoms with Crippen LogP contribution in [0.1, 0.15) is 5.56 Å². The molecule has 0 saturated carbocycles. The van der Waals surface area contributed by atoms with Gasteiger partial charge in [-0.3, -0.25) is 9.59 Å². The molecule has 0 spiro atoms. The van der Waals surface area contributed by atoms with Crippen LogP contribution in [0.25, 0.3) is 0 Å². The van der Waals surface area contributed by atoms with E-state index in [1.807, 2.05) is 30.3 Å². The van der Waals surface area contributed by atoms with E-state index in [0.717, 1.165) is 6.42 Å². The number of aryl methyl sites for hydroxylation is 2. The number of nitrogens with one attached hydrogen (secondary N) is 2. The number of hydrogen-bond acceptors (Lipinski definition) is 4. The molecule has 0 aliphatic heterocycles. The van der Waals surface area contributed by atoms with Crippen LogP contribution in [0.15, 0.2) is 42.6 Å². The van der Waals surface area contributed by atoms with Crippen molar-refractivity contribution in [1.82, 2.24) is 15.1 Å². The van der Waals surface area contributed by atoms with Gasteiger partial charge in [-0.2, -0.15) is 5.10 Å². The Kier molecular flexibility index (Phi) is 7.79. The Morgan fingerprint density at radius 2 is 1.87 bits per heavy atom. The Hall–Kier alpha value is -2.38. The predicted molar refractivity (Wildman–Crippen MR) is 90.3 cm³/mol. The summed E-state index contributed by atoms with van der Waals surface area (Å²) in [5, 5.41) is 9.32. The Morgan fingerprint density at radius 3 is 2.57 bits per heavy atom. The molecule has 0 aliphatic rings. The van der Waals surface area contributed by atoms with Gasteiger partial charge in [0.05, 0.1) is 19.3 Å². The molecule has 4 N–H and O–H groups in total. The van der Waals surface area contributed by atoms with Gasteiger partial charge >= 0.3 is 0 Å². The summed E-state index contributed by atoms with van der Waals surface area (Å²) in [5.74, 6) is -0.0843. The molecule has 124 valence electrons. The van der Waals surface area contributed by atoms with E-state index in [2.05, 4.69) is 15.7 Å². The minimum atomic E-state index is -0.368. The third-order valence-corrected chi connectivity index (χ3v) is 3.07. The minimum absolute atomic E-state index is 0. The zero-order valence-corrected chi connectivity index (χ0v) is 13.4. The molecule has 8 heteroatoms. The number of benzene rings is 1. The van der Waals surface area contributed by atoms with Gasteiger partial charge in [-0.05, 0) is 12.0 Å². The molecule has 0 atom stereocenters. The fourth-order valence-corrected chi connectivity index (χ4v) is 1.93. The summed E-state index contributed by atoms with van der Waals surface area (Å²) in [5.41, 5.74) is 6.35. The number of halogens is 1. The predicted octanol–water partition coefficient (Wildman–Crippen LogP) is 0.561. The zero-order valence-electron chi connectivity index (χ0n) is 12.6. The van der Waals surface area contributed by atoms with Crippen LogP contribution in [-0.4, -0.2) is 34.7 Å². The van der Waals surface area contributed by atoms with Gasteiger partial charge in [0, 0.05) is 12.6 Å². The number of amides is 2. The van der Waals surface area contributed by atoms with Gasteiger partial charge in [-0.15, -0.1) is 12.4 Å².